The lowest BCUT2D eigenvalue weighted by Gasteiger charge is -2.15. The highest BCUT2D eigenvalue weighted by atomic mass is 35.5. The molecule has 0 bridgehead atoms. The number of nitrogens with zero attached hydrogens (tertiary/aromatic N) is 3. The topological polar surface area (TPSA) is 92.1 Å². The zero-order valence-electron chi connectivity index (χ0n) is 21.5. The second kappa shape index (κ2) is 11.3. The van der Waals surface area contributed by atoms with Gasteiger partial charge in [-0.2, -0.15) is 31.4 Å². The van der Waals surface area contributed by atoms with Crippen molar-refractivity contribution < 1.29 is 36.2 Å². The van der Waals surface area contributed by atoms with Gasteiger partial charge in [0.15, 0.2) is 0 Å². The number of amides is 2. The van der Waals surface area contributed by atoms with E-state index in [2.05, 4.69) is 15.4 Å². The van der Waals surface area contributed by atoms with Gasteiger partial charge < -0.3 is 15.7 Å². The first-order chi connectivity index (χ1) is 20.3. The van der Waals surface area contributed by atoms with Crippen LogP contribution < -0.4 is 10.6 Å². The van der Waals surface area contributed by atoms with E-state index < -0.39 is 35.2 Å². The summed E-state index contributed by atoms with van der Waals surface area (Å²) in [5.74, 6) is -0.0712. The molecule has 7 nitrogen and oxygen atoms in total. The summed E-state index contributed by atoms with van der Waals surface area (Å²) in [6, 6.07) is 13.9. The Balaban J connectivity index is 1.44. The van der Waals surface area contributed by atoms with Crippen molar-refractivity contribution in [2.24, 2.45) is 0 Å². The molecule has 0 saturated heterocycles. The predicted molar refractivity (Wildman–Crippen MR) is 148 cm³/mol. The smallest absolute Gasteiger partial charge is 0.416 e. The number of benzene rings is 3. The van der Waals surface area contributed by atoms with Crippen molar-refractivity contribution in [2.45, 2.75) is 12.4 Å². The average molecular weight is 618 g/mol. The Hall–Kier alpha value is -5.04. The van der Waals surface area contributed by atoms with Crippen LogP contribution in [0.1, 0.15) is 11.1 Å². The first kappa shape index (κ1) is 29.5. The fourth-order valence-electron chi connectivity index (χ4n) is 4.22. The van der Waals surface area contributed by atoms with Crippen LogP contribution in [0.5, 0.6) is 5.75 Å². The van der Waals surface area contributed by atoms with Crippen molar-refractivity contribution in [2.75, 3.05) is 10.6 Å². The van der Waals surface area contributed by atoms with E-state index in [4.69, 9.17) is 11.6 Å². The normalized spacial score (nSPS) is 11.8. The Bertz CT molecular complexity index is 1750. The molecule has 0 aliphatic rings. The molecule has 0 aliphatic carbocycles. The minimum atomic E-state index is -5.07. The van der Waals surface area contributed by atoms with Crippen molar-refractivity contribution in [1.82, 2.24) is 14.8 Å². The summed E-state index contributed by atoms with van der Waals surface area (Å²) in [5.41, 5.74) is -0.814. The summed E-state index contributed by atoms with van der Waals surface area (Å²) < 4.78 is 80.6. The molecule has 2 aromatic heterocycles. The minimum absolute atomic E-state index is 0.0319. The zero-order valence-corrected chi connectivity index (χ0v) is 22.3. The monoisotopic (exact) mass is 617 g/mol. The van der Waals surface area contributed by atoms with E-state index in [9.17, 15) is 36.2 Å². The maximum absolute atomic E-state index is 13.2. The maximum Gasteiger partial charge on any atom is 0.416 e. The number of phenolic OH excluding ortho intramolecular Hbond substituents is 1. The molecule has 3 N–H and O–H groups in total. The molecule has 14 heteroatoms. The van der Waals surface area contributed by atoms with Gasteiger partial charge in [-0.1, -0.05) is 17.7 Å². The van der Waals surface area contributed by atoms with Crippen molar-refractivity contribution in [1.29, 1.82) is 0 Å². The van der Waals surface area contributed by atoms with Crippen LogP contribution in [0.25, 0.3) is 28.1 Å². The number of urea groups is 1. The molecule has 5 aromatic rings. The van der Waals surface area contributed by atoms with Gasteiger partial charge in [0.1, 0.15) is 11.4 Å². The number of hydrogen-bond donors (Lipinski definition) is 3. The van der Waals surface area contributed by atoms with E-state index in [0.717, 1.165) is 5.56 Å². The zero-order chi connectivity index (χ0) is 30.9. The lowest BCUT2D eigenvalue weighted by atomic mass is 10.0. The number of rotatable bonds is 5. The van der Waals surface area contributed by atoms with Crippen molar-refractivity contribution >= 4 is 29.0 Å². The summed E-state index contributed by atoms with van der Waals surface area (Å²) in [5, 5.41) is 19.5. The third-order valence-electron chi connectivity index (χ3n) is 6.08. The number of aromatic hydroxyl groups is 1. The molecule has 0 aliphatic heterocycles. The summed E-state index contributed by atoms with van der Waals surface area (Å²) in [6.07, 6.45) is -5.24. The van der Waals surface area contributed by atoms with E-state index in [1.165, 1.54) is 28.9 Å². The molecule has 0 saturated carbocycles. The van der Waals surface area contributed by atoms with Crippen molar-refractivity contribution in [3.8, 4) is 33.8 Å². The van der Waals surface area contributed by atoms with Crippen LogP contribution in [0.3, 0.4) is 0 Å². The largest absolute Gasteiger partial charge is 0.508 e. The molecule has 0 spiro atoms. The fraction of sp³-hybridized carbons (Fsp3) is 0.0690. The molecule has 0 unspecified atom stereocenters. The predicted octanol–water partition coefficient (Wildman–Crippen LogP) is 8.64. The van der Waals surface area contributed by atoms with Crippen LogP contribution in [-0.2, 0) is 12.4 Å². The third-order valence-corrected chi connectivity index (χ3v) is 6.29. The number of nitrogens with one attached hydrogen (secondary N) is 2. The summed E-state index contributed by atoms with van der Waals surface area (Å²) in [7, 11) is 0. The van der Waals surface area contributed by atoms with Gasteiger partial charge in [0.25, 0.3) is 0 Å². The third kappa shape index (κ3) is 6.89. The van der Waals surface area contributed by atoms with Gasteiger partial charge in [0.2, 0.25) is 0 Å². The Morgan fingerprint density at radius 2 is 1.44 bits per heavy atom. The first-order valence-corrected chi connectivity index (χ1v) is 12.6. The number of hydrogen-bond acceptors (Lipinski definition) is 4. The highest BCUT2D eigenvalue weighted by Crippen LogP contribution is 2.38. The van der Waals surface area contributed by atoms with E-state index in [0.29, 0.717) is 34.6 Å². The molecule has 2 amide bonds. The maximum atomic E-state index is 13.2. The van der Waals surface area contributed by atoms with Crippen molar-refractivity contribution in [3.63, 3.8) is 0 Å². The number of carbonyl (C=O) groups excluding carboxylic acids is 1. The summed E-state index contributed by atoms with van der Waals surface area (Å²) in [6.45, 7) is 0. The SMILES string of the molecule is O=C(Nc1cccc(-n2cc(-c3ccncc3)c(-c3cc(O)cc(Cl)c3)n2)c1)Nc1cc(C(F)(F)F)cc(C(F)(F)F)c1. The van der Waals surface area contributed by atoms with Gasteiger partial charge in [-0.15, -0.1) is 0 Å². The number of halogens is 7. The molecule has 43 heavy (non-hydrogen) atoms. The van der Waals surface area contributed by atoms with Gasteiger partial charge in [0, 0.05) is 46.1 Å². The summed E-state index contributed by atoms with van der Waals surface area (Å²) in [4.78, 5) is 16.6. The highest BCUT2D eigenvalue weighted by molar-refractivity contribution is 6.31. The van der Waals surface area contributed by atoms with Crippen LogP contribution in [0.2, 0.25) is 5.02 Å². The van der Waals surface area contributed by atoms with E-state index in [1.54, 1.807) is 48.9 Å². The van der Waals surface area contributed by atoms with E-state index in [-0.39, 0.29) is 22.5 Å². The van der Waals surface area contributed by atoms with Gasteiger partial charge in [-0.3, -0.25) is 4.98 Å². The molecular formula is C29H18ClF6N5O2. The number of anilines is 2. The molecular weight excluding hydrogens is 600 g/mol. The fourth-order valence-corrected chi connectivity index (χ4v) is 4.45. The molecule has 0 fully saturated rings. The average Bonchev–Trinajstić information content (AvgIpc) is 3.38. The Morgan fingerprint density at radius 3 is 2.07 bits per heavy atom. The molecule has 0 radical (unpaired) electrons. The van der Waals surface area contributed by atoms with Crippen molar-refractivity contribution in [3.05, 3.63) is 108 Å². The van der Waals surface area contributed by atoms with E-state index in [1.807, 2.05) is 5.32 Å². The van der Waals surface area contributed by atoms with Gasteiger partial charge in [-0.25, -0.2) is 9.48 Å². The number of aromatic nitrogens is 3. The van der Waals surface area contributed by atoms with Gasteiger partial charge in [0.05, 0.1) is 16.8 Å². The number of phenols is 1. The minimum Gasteiger partial charge on any atom is -0.508 e. The number of pyridine rings is 1. The van der Waals surface area contributed by atoms with Gasteiger partial charge >= 0.3 is 18.4 Å². The molecule has 0 atom stereocenters. The molecule has 3 aromatic carbocycles. The lowest BCUT2D eigenvalue weighted by molar-refractivity contribution is -0.143. The lowest BCUT2D eigenvalue weighted by Crippen LogP contribution is -2.21. The summed E-state index contributed by atoms with van der Waals surface area (Å²) >= 11 is 6.15. The first-order valence-electron chi connectivity index (χ1n) is 12.2. The van der Waals surface area contributed by atoms with Crippen LogP contribution in [0.15, 0.2) is 91.4 Å². The standard InChI is InChI=1S/C29H18ClF6N5O2/c30-20-8-17(9-24(42)13-20)26-25(16-4-6-37-7-5-16)15-41(40-26)23-3-1-2-21(14-23)38-27(43)39-22-11-18(28(31,32)33)10-19(12-22)29(34,35)36/h1-15,42H,(H2,38,39,43). The Kier molecular flexibility index (Phi) is 7.76. The van der Waals surface area contributed by atoms with Crippen LogP contribution in [0.4, 0.5) is 42.5 Å². The number of alkyl halides is 6. The highest BCUT2D eigenvalue weighted by Gasteiger charge is 2.37. The van der Waals surface area contributed by atoms with Crippen LogP contribution >= 0.6 is 11.6 Å². The second-order valence-corrected chi connectivity index (χ2v) is 9.63. The number of carbonyl (C=O) groups is 1. The Labute approximate surface area is 244 Å². The van der Waals surface area contributed by atoms with Crippen LogP contribution in [0, 0.1) is 0 Å². The Morgan fingerprint density at radius 1 is 0.791 bits per heavy atom. The molecule has 5 rings (SSSR count). The molecule has 220 valence electrons. The van der Waals surface area contributed by atoms with E-state index >= 15 is 0 Å². The second-order valence-electron chi connectivity index (χ2n) is 9.19. The van der Waals surface area contributed by atoms with Crippen LogP contribution in [-0.4, -0.2) is 25.9 Å². The quantitative estimate of drug-likeness (QED) is 0.172. The molecule has 2 heterocycles. The van der Waals surface area contributed by atoms with Gasteiger partial charge in [-0.05, 0) is 72.3 Å².